The first-order valence-corrected chi connectivity index (χ1v) is 6.04. The fraction of sp³-hybridized carbons (Fsp3) is 0.250. The summed E-state index contributed by atoms with van der Waals surface area (Å²) < 4.78 is 6.46. The number of benzene rings is 1. The van der Waals surface area contributed by atoms with Gasteiger partial charge in [0, 0.05) is 12.6 Å². The van der Waals surface area contributed by atoms with Crippen molar-refractivity contribution >= 4 is 23.2 Å². The van der Waals surface area contributed by atoms with E-state index in [4.69, 9.17) is 4.74 Å². The Bertz CT molecular complexity index is 640. The van der Waals surface area contributed by atoms with Gasteiger partial charge in [0.15, 0.2) is 0 Å². The smallest absolute Gasteiger partial charge is 0.246 e. The van der Waals surface area contributed by atoms with Crippen LogP contribution in [0.4, 0.5) is 11.4 Å². The van der Waals surface area contributed by atoms with Crippen molar-refractivity contribution in [2.45, 2.75) is 13.5 Å². The molecule has 9 nitrogen and oxygen atoms in total. The van der Waals surface area contributed by atoms with Gasteiger partial charge in [-0.05, 0) is 28.6 Å². The average Bonchev–Trinajstić information content (AvgIpc) is 2.91. The van der Waals surface area contributed by atoms with Gasteiger partial charge in [0.2, 0.25) is 11.8 Å². The van der Waals surface area contributed by atoms with Crippen LogP contribution in [0.2, 0.25) is 0 Å². The zero-order valence-electron chi connectivity index (χ0n) is 11.5. The van der Waals surface area contributed by atoms with Gasteiger partial charge in [0.25, 0.3) is 0 Å². The number of carbonyl (C=O) groups excluding carboxylic acids is 2. The third-order valence-corrected chi connectivity index (χ3v) is 2.49. The zero-order chi connectivity index (χ0) is 15.2. The largest absolute Gasteiger partial charge is 0.495 e. The van der Waals surface area contributed by atoms with Gasteiger partial charge in [-0.2, -0.15) is 0 Å². The molecule has 2 rings (SSSR count). The highest BCUT2D eigenvalue weighted by molar-refractivity contribution is 5.94. The number of tetrazole rings is 1. The lowest BCUT2D eigenvalue weighted by molar-refractivity contribution is -0.117. The van der Waals surface area contributed by atoms with E-state index in [2.05, 4.69) is 26.2 Å². The summed E-state index contributed by atoms with van der Waals surface area (Å²) >= 11 is 0. The van der Waals surface area contributed by atoms with Crippen molar-refractivity contribution in [3.05, 3.63) is 24.5 Å². The Morgan fingerprint density at radius 2 is 2.14 bits per heavy atom. The molecule has 110 valence electrons. The SMILES string of the molecule is COc1ccc(NC(C)=O)cc1NC(=O)Cn1cnnn1. The predicted molar refractivity (Wildman–Crippen MR) is 73.7 cm³/mol. The molecule has 21 heavy (non-hydrogen) atoms. The lowest BCUT2D eigenvalue weighted by Crippen LogP contribution is -2.19. The number of hydrogen-bond donors (Lipinski definition) is 2. The van der Waals surface area contributed by atoms with E-state index < -0.39 is 0 Å². The van der Waals surface area contributed by atoms with Gasteiger partial charge < -0.3 is 15.4 Å². The van der Waals surface area contributed by atoms with Crippen LogP contribution in [0.1, 0.15) is 6.92 Å². The number of anilines is 2. The van der Waals surface area contributed by atoms with E-state index in [9.17, 15) is 9.59 Å². The number of rotatable bonds is 5. The second-order valence-corrected chi connectivity index (χ2v) is 4.15. The molecule has 1 heterocycles. The third kappa shape index (κ3) is 4.00. The monoisotopic (exact) mass is 290 g/mol. The molecular weight excluding hydrogens is 276 g/mol. The minimum Gasteiger partial charge on any atom is -0.495 e. The molecule has 2 amide bonds. The summed E-state index contributed by atoms with van der Waals surface area (Å²) in [7, 11) is 1.49. The van der Waals surface area contributed by atoms with E-state index in [0.717, 1.165) is 0 Å². The lowest BCUT2D eigenvalue weighted by Gasteiger charge is -2.12. The highest BCUT2D eigenvalue weighted by atomic mass is 16.5. The van der Waals surface area contributed by atoms with Crippen molar-refractivity contribution in [3.8, 4) is 5.75 Å². The van der Waals surface area contributed by atoms with Crippen LogP contribution >= 0.6 is 0 Å². The summed E-state index contributed by atoms with van der Waals surface area (Å²) in [6, 6.07) is 4.94. The first-order valence-electron chi connectivity index (χ1n) is 6.04. The number of nitrogens with zero attached hydrogens (tertiary/aromatic N) is 4. The van der Waals surface area contributed by atoms with Gasteiger partial charge in [-0.25, -0.2) is 4.68 Å². The maximum Gasteiger partial charge on any atom is 0.246 e. The van der Waals surface area contributed by atoms with Gasteiger partial charge in [-0.1, -0.05) is 0 Å². The van der Waals surface area contributed by atoms with Crippen LogP contribution in [-0.4, -0.2) is 39.1 Å². The van der Waals surface area contributed by atoms with E-state index in [1.165, 1.54) is 25.0 Å². The number of carbonyl (C=O) groups is 2. The summed E-state index contributed by atoms with van der Waals surface area (Å²) in [6.45, 7) is 1.38. The number of aromatic nitrogens is 4. The summed E-state index contributed by atoms with van der Waals surface area (Å²) in [6.07, 6.45) is 1.34. The maximum absolute atomic E-state index is 11.9. The molecule has 2 aromatic rings. The second-order valence-electron chi connectivity index (χ2n) is 4.15. The van der Waals surface area contributed by atoms with Crippen LogP contribution in [0, 0.1) is 0 Å². The Hall–Kier alpha value is -2.97. The Kier molecular flexibility index (Phi) is 4.44. The zero-order valence-corrected chi connectivity index (χ0v) is 11.5. The van der Waals surface area contributed by atoms with Crippen LogP contribution in [0.15, 0.2) is 24.5 Å². The van der Waals surface area contributed by atoms with Crippen molar-refractivity contribution in [2.75, 3.05) is 17.7 Å². The standard InChI is InChI=1S/C12H14N6O3/c1-8(19)14-9-3-4-11(21-2)10(5-9)15-12(20)6-18-7-13-16-17-18/h3-5,7H,6H2,1-2H3,(H,14,19)(H,15,20). The molecule has 0 atom stereocenters. The highest BCUT2D eigenvalue weighted by Crippen LogP contribution is 2.27. The maximum atomic E-state index is 11.9. The van der Waals surface area contributed by atoms with Crippen LogP contribution in [0.25, 0.3) is 0 Å². The molecule has 0 aliphatic carbocycles. The molecule has 2 N–H and O–H groups in total. The molecule has 1 aromatic carbocycles. The number of methoxy groups -OCH3 is 1. The van der Waals surface area contributed by atoms with Gasteiger partial charge >= 0.3 is 0 Å². The fourth-order valence-electron chi connectivity index (χ4n) is 1.68. The van der Waals surface area contributed by atoms with Crippen molar-refractivity contribution in [1.29, 1.82) is 0 Å². The Morgan fingerprint density at radius 1 is 1.33 bits per heavy atom. The minimum absolute atomic E-state index is 0.0273. The molecule has 0 unspecified atom stereocenters. The average molecular weight is 290 g/mol. The molecule has 0 fully saturated rings. The quantitative estimate of drug-likeness (QED) is 0.818. The van der Waals surface area contributed by atoms with Crippen LogP contribution in [0.5, 0.6) is 5.75 Å². The summed E-state index contributed by atoms with van der Waals surface area (Å²) in [5, 5.41) is 15.8. The Labute approximate surface area is 120 Å². The topological polar surface area (TPSA) is 111 Å². The molecule has 0 saturated heterocycles. The molecule has 9 heteroatoms. The van der Waals surface area contributed by atoms with Crippen molar-refractivity contribution < 1.29 is 14.3 Å². The second kappa shape index (κ2) is 6.46. The number of amides is 2. The molecule has 0 spiro atoms. The van der Waals surface area contributed by atoms with Crippen molar-refractivity contribution in [3.63, 3.8) is 0 Å². The van der Waals surface area contributed by atoms with E-state index in [-0.39, 0.29) is 18.4 Å². The van der Waals surface area contributed by atoms with Gasteiger partial charge in [-0.15, -0.1) is 5.10 Å². The predicted octanol–water partition coefficient (Wildman–Crippen LogP) is 0.279. The van der Waals surface area contributed by atoms with Crippen LogP contribution in [-0.2, 0) is 16.1 Å². The molecule has 0 saturated carbocycles. The van der Waals surface area contributed by atoms with Gasteiger partial charge in [0.1, 0.15) is 18.6 Å². The molecule has 0 aliphatic rings. The van der Waals surface area contributed by atoms with Gasteiger partial charge in [0.05, 0.1) is 12.8 Å². The highest BCUT2D eigenvalue weighted by Gasteiger charge is 2.10. The first-order chi connectivity index (χ1) is 10.1. The summed E-state index contributed by atoms with van der Waals surface area (Å²) in [4.78, 5) is 23.0. The molecule has 0 bridgehead atoms. The Morgan fingerprint density at radius 3 is 2.76 bits per heavy atom. The summed E-state index contributed by atoms with van der Waals surface area (Å²) in [5.74, 6) is -0.0409. The number of ether oxygens (including phenoxy) is 1. The Balaban J connectivity index is 2.12. The third-order valence-electron chi connectivity index (χ3n) is 2.49. The number of nitrogens with one attached hydrogen (secondary N) is 2. The normalized spacial score (nSPS) is 10.0. The molecule has 0 aliphatic heterocycles. The van der Waals surface area contributed by atoms with Crippen LogP contribution < -0.4 is 15.4 Å². The molecule has 1 aromatic heterocycles. The van der Waals surface area contributed by atoms with Crippen molar-refractivity contribution in [1.82, 2.24) is 20.2 Å². The first kappa shape index (κ1) is 14.4. The van der Waals surface area contributed by atoms with Crippen molar-refractivity contribution in [2.24, 2.45) is 0 Å². The summed E-state index contributed by atoms with van der Waals surface area (Å²) in [5.41, 5.74) is 1.00. The number of hydrogen-bond acceptors (Lipinski definition) is 6. The van der Waals surface area contributed by atoms with E-state index in [1.54, 1.807) is 18.2 Å². The lowest BCUT2D eigenvalue weighted by atomic mass is 10.2. The van der Waals surface area contributed by atoms with E-state index >= 15 is 0 Å². The van der Waals surface area contributed by atoms with Gasteiger partial charge in [-0.3, -0.25) is 9.59 Å². The van der Waals surface area contributed by atoms with Crippen LogP contribution in [0.3, 0.4) is 0 Å². The van der Waals surface area contributed by atoms with E-state index in [0.29, 0.717) is 17.1 Å². The fourth-order valence-corrected chi connectivity index (χ4v) is 1.68. The van der Waals surface area contributed by atoms with E-state index in [1.807, 2.05) is 0 Å². The molecule has 0 radical (unpaired) electrons. The minimum atomic E-state index is -0.319. The molecular formula is C12H14N6O3.